The number of azo groups is 1. The minimum Gasteiger partial charge on any atom is -0.444 e. The van der Waals surface area contributed by atoms with E-state index in [0.29, 0.717) is 37.0 Å². The number of alkyl carbamates (subject to hydrolysis) is 1. The van der Waals surface area contributed by atoms with Gasteiger partial charge in [-0.25, -0.2) is 14.5 Å². The summed E-state index contributed by atoms with van der Waals surface area (Å²) in [6, 6.07) is 0. The van der Waals surface area contributed by atoms with E-state index in [1.807, 2.05) is 31.5 Å². The Labute approximate surface area is 158 Å². The fourth-order valence-electron chi connectivity index (χ4n) is 2.29. The van der Waals surface area contributed by atoms with Crippen molar-refractivity contribution in [3.63, 3.8) is 0 Å². The molecule has 2 heterocycles. The van der Waals surface area contributed by atoms with Crippen LogP contribution >= 0.6 is 0 Å². The van der Waals surface area contributed by atoms with Crippen LogP contribution in [0.5, 0.6) is 0 Å². The van der Waals surface area contributed by atoms with Gasteiger partial charge in [0.1, 0.15) is 17.1 Å². The molecule has 0 radical (unpaired) electrons. The number of nitrogens with one attached hydrogen (secondary N) is 1. The first kappa shape index (κ1) is 20.4. The minimum absolute atomic E-state index is 0.421. The molecule has 1 amide bonds. The largest absolute Gasteiger partial charge is 0.444 e. The molecule has 0 aliphatic carbocycles. The number of nitrogens with two attached hydrogens (primary N) is 1. The molecule has 2 rings (SSSR count). The summed E-state index contributed by atoms with van der Waals surface area (Å²) in [6.07, 6.45) is 6.32. The van der Waals surface area contributed by atoms with E-state index in [2.05, 4.69) is 32.6 Å². The van der Waals surface area contributed by atoms with Crippen molar-refractivity contribution in [1.29, 1.82) is 0 Å². The molecular formula is C17H28N8O2. The number of carbonyl (C=O) groups is 1. The number of rotatable bonds is 8. The van der Waals surface area contributed by atoms with Gasteiger partial charge in [-0.2, -0.15) is 5.10 Å². The van der Waals surface area contributed by atoms with Gasteiger partial charge in [0.05, 0.1) is 6.20 Å². The van der Waals surface area contributed by atoms with Gasteiger partial charge in [-0.1, -0.05) is 6.92 Å². The zero-order chi connectivity index (χ0) is 19.9. The molecule has 27 heavy (non-hydrogen) atoms. The van der Waals surface area contributed by atoms with E-state index < -0.39 is 11.7 Å². The maximum absolute atomic E-state index is 11.6. The van der Waals surface area contributed by atoms with E-state index in [1.165, 1.54) is 0 Å². The lowest BCUT2D eigenvalue weighted by atomic mass is 10.2. The first-order chi connectivity index (χ1) is 12.8. The quantitative estimate of drug-likeness (QED) is 0.539. The molecule has 0 aliphatic rings. The highest BCUT2D eigenvalue weighted by atomic mass is 16.6. The molecule has 0 atom stereocenters. The first-order valence-electron chi connectivity index (χ1n) is 9.01. The van der Waals surface area contributed by atoms with Crippen LogP contribution in [-0.2, 0) is 17.8 Å². The van der Waals surface area contributed by atoms with E-state index in [9.17, 15) is 4.79 Å². The lowest BCUT2D eigenvalue weighted by Gasteiger charge is -2.19. The SMILES string of the molecule is CCCn1ccnc1/N=N/c1cnn(CCCNC(=O)OC(C)(C)C)c1N. The van der Waals surface area contributed by atoms with Crippen molar-refractivity contribution in [2.24, 2.45) is 10.2 Å². The summed E-state index contributed by atoms with van der Waals surface area (Å²) in [7, 11) is 0. The number of ether oxygens (including phenoxy) is 1. The van der Waals surface area contributed by atoms with E-state index in [-0.39, 0.29) is 0 Å². The predicted molar refractivity (Wildman–Crippen MR) is 102 cm³/mol. The van der Waals surface area contributed by atoms with Gasteiger partial charge >= 0.3 is 6.09 Å². The van der Waals surface area contributed by atoms with Crippen LogP contribution in [0.15, 0.2) is 28.8 Å². The van der Waals surface area contributed by atoms with Crippen molar-refractivity contribution in [3.8, 4) is 0 Å². The smallest absolute Gasteiger partial charge is 0.407 e. The molecule has 3 N–H and O–H groups in total. The van der Waals surface area contributed by atoms with E-state index >= 15 is 0 Å². The zero-order valence-electron chi connectivity index (χ0n) is 16.3. The predicted octanol–water partition coefficient (Wildman–Crippen LogP) is 3.40. The van der Waals surface area contributed by atoms with Gasteiger partial charge < -0.3 is 20.4 Å². The van der Waals surface area contributed by atoms with Crippen molar-refractivity contribution in [2.45, 2.75) is 59.2 Å². The molecule has 2 aromatic rings. The van der Waals surface area contributed by atoms with Crippen LogP contribution in [0.25, 0.3) is 0 Å². The van der Waals surface area contributed by atoms with Gasteiger partial charge in [0.2, 0.25) is 5.95 Å². The van der Waals surface area contributed by atoms with Crippen LogP contribution in [0.2, 0.25) is 0 Å². The lowest BCUT2D eigenvalue weighted by molar-refractivity contribution is 0.0526. The van der Waals surface area contributed by atoms with Crippen LogP contribution in [0.3, 0.4) is 0 Å². The lowest BCUT2D eigenvalue weighted by Crippen LogP contribution is -2.33. The molecule has 0 unspecified atom stereocenters. The van der Waals surface area contributed by atoms with Crippen molar-refractivity contribution < 1.29 is 9.53 Å². The average Bonchev–Trinajstić information content (AvgIpc) is 3.15. The minimum atomic E-state index is -0.512. The van der Waals surface area contributed by atoms with Crippen LogP contribution in [0.4, 0.5) is 22.2 Å². The highest BCUT2D eigenvalue weighted by molar-refractivity contribution is 5.67. The Morgan fingerprint density at radius 3 is 2.81 bits per heavy atom. The molecule has 0 saturated heterocycles. The fourth-order valence-corrected chi connectivity index (χ4v) is 2.29. The monoisotopic (exact) mass is 376 g/mol. The standard InChI is InChI=1S/C17H28N8O2/c1-5-9-24-11-8-19-15(24)23-22-13-12-21-25(14(13)18)10-6-7-20-16(26)27-17(2,3)4/h8,11-12H,5-7,9-10,18H2,1-4H3,(H,20,26)/b23-22+. The third-order valence-electron chi connectivity index (χ3n) is 3.48. The maximum atomic E-state index is 11.6. The number of hydrogen-bond donors (Lipinski definition) is 2. The van der Waals surface area contributed by atoms with E-state index in [0.717, 1.165) is 13.0 Å². The Hall–Kier alpha value is -2.91. The Morgan fingerprint density at radius 1 is 1.33 bits per heavy atom. The van der Waals surface area contributed by atoms with Gasteiger partial charge in [-0.3, -0.25) is 0 Å². The molecule has 2 aromatic heterocycles. The summed E-state index contributed by atoms with van der Waals surface area (Å²) < 4.78 is 8.73. The summed E-state index contributed by atoms with van der Waals surface area (Å²) in [5, 5.41) is 15.2. The zero-order valence-corrected chi connectivity index (χ0v) is 16.3. The summed E-state index contributed by atoms with van der Waals surface area (Å²) in [5.74, 6) is 0.954. The second-order valence-corrected chi connectivity index (χ2v) is 7.04. The van der Waals surface area contributed by atoms with Gasteiger partial charge in [-0.05, 0) is 33.6 Å². The number of nitrogens with zero attached hydrogens (tertiary/aromatic N) is 6. The number of hydrogen-bond acceptors (Lipinski definition) is 7. The Morgan fingerprint density at radius 2 is 2.11 bits per heavy atom. The number of nitrogen functional groups attached to an aromatic ring is 1. The normalized spacial score (nSPS) is 11.9. The van der Waals surface area contributed by atoms with Crippen molar-refractivity contribution in [2.75, 3.05) is 12.3 Å². The fraction of sp³-hybridized carbons (Fsp3) is 0.588. The van der Waals surface area contributed by atoms with E-state index in [1.54, 1.807) is 17.1 Å². The van der Waals surface area contributed by atoms with Gasteiger partial charge in [0.25, 0.3) is 0 Å². The summed E-state index contributed by atoms with van der Waals surface area (Å²) in [5.41, 5.74) is 6.05. The van der Waals surface area contributed by atoms with Crippen molar-refractivity contribution >= 4 is 23.5 Å². The number of anilines is 1. The molecule has 0 aliphatic heterocycles. The Bertz CT molecular complexity index is 772. The third-order valence-corrected chi connectivity index (χ3v) is 3.48. The molecule has 0 aromatic carbocycles. The third kappa shape index (κ3) is 6.39. The van der Waals surface area contributed by atoms with Crippen LogP contribution in [-0.4, -0.2) is 37.6 Å². The second-order valence-electron chi connectivity index (χ2n) is 7.04. The van der Waals surface area contributed by atoms with Crippen LogP contribution in [0, 0.1) is 0 Å². The van der Waals surface area contributed by atoms with Crippen molar-refractivity contribution in [3.05, 3.63) is 18.6 Å². The summed E-state index contributed by atoms with van der Waals surface area (Å²) >= 11 is 0. The van der Waals surface area contributed by atoms with E-state index in [4.69, 9.17) is 10.5 Å². The second kappa shape index (κ2) is 9.15. The number of aryl methyl sites for hydroxylation is 2. The highest BCUT2D eigenvalue weighted by Crippen LogP contribution is 2.23. The number of carbonyl (C=O) groups excluding carboxylic acids is 1. The molecule has 10 heteroatoms. The number of amides is 1. The maximum Gasteiger partial charge on any atom is 0.407 e. The molecule has 0 bridgehead atoms. The van der Waals surface area contributed by atoms with Crippen LogP contribution in [0.1, 0.15) is 40.5 Å². The summed E-state index contributed by atoms with van der Waals surface area (Å²) in [4.78, 5) is 15.8. The average molecular weight is 376 g/mol. The Kier molecular flexibility index (Phi) is 6.91. The van der Waals surface area contributed by atoms with Gasteiger partial charge in [0.15, 0.2) is 0 Å². The molecule has 0 fully saturated rings. The molecule has 10 nitrogen and oxygen atoms in total. The molecule has 148 valence electrons. The molecule has 0 spiro atoms. The Balaban J connectivity index is 1.85. The number of imidazole rings is 1. The number of aromatic nitrogens is 4. The molecule has 0 saturated carbocycles. The molecular weight excluding hydrogens is 348 g/mol. The van der Waals surface area contributed by atoms with Gasteiger partial charge in [0, 0.05) is 32.0 Å². The van der Waals surface area contributed by atoms with Crippen molar-refractivity contribution in [1.82, 2.24) is 24.6 Å². The van der Waals surface area contributed by atoms with Gasteiger partial charge in [-0.15, -0.1) is 10.2 Å². The highest BCUT2D eigenvalue weighted by Gasteiger charge is 2.15. The van der Waals surface area contributed by atoms with Crippen LogP contribution < -0.4 is 11.1 Å². The topological polar surface area (TPSA) is 125 Å². The first-order valence-corrected chi connectivity index (χ1v) is 9.01. The summed E-state index contributed by atoms with van der Waals surface area (Å²) in [6.45, 7) is 9.38.